The Balaban J connectivity index is 0.000000705. The first-order valence-electron chi connectivity index (χ1n) is 12.3. The first-order chi connectivity index (χ1) is 16.1. The number of nitrogens with one attached hydrogen (secondary N) is 1. The number of thiol groups is 1. The number of nitrogens with zero attached hydrogens (tertiary/aromatic N) is 3. The van der Waals surface area contributed by atoms with E-state index in [4.69, 9.17) is 4.74 Å². The average Bonchev–Trinajstić information content (AvgIpc) is 3.77. The maximum Gasteiger partial charge on any atom is 0.258 e. The van der Waals surface area contributed by atoms with E-state index in [2.05, 4.69) is 32.7 Å². The summed E-state index contributed by atoms with van der Waals surface area (Å²) < 4.78 is 5.42. The minimum atomic E-state index is -0.128. The van der Waals surface area contributed by atoms with Gasteiger partial charge in [0, 0.05) is 31.1 Å². The predicted octanol–water partition coefficient (Wildman–Crippen LogP) is 5.01. The number of amides is 1. The molecule has 1 spiro atoms. The van der Waals surface area contributed by atoms with Crippen LogP contribution in [0.15, 0.2) is 41.3 Å². The molecule has 0 atom stereocenters. The highest BCUT2D eigenvalue weighted by Gasteiger charge is 2.44. The maximum atomic E-state index is 13.2. The lowest BCUT2D eigenvalue weighted by Crippen LogP contribution is -2.37. The third-order valence-electron chi connectivity index (χ3n) is 7.01. The number of benzene rings is 1. The normalized spacial score (nSPS) is 20.6. The molecular formula is C26H34N4O2S. The second kappa shape index (κ2) is 9.94. The number of carbonyl (C=O) groups is 1. The number of morpholine rings is 1. The number of pyridine rings is 1. The summed E-state index contributed by atoms with van der Waals surface area (Å²) in [5.41, 5.74) is 2.25. The molecule has 2 aliphatic heterocycles. The van der Waals surface area contributed by atoms with Crippen LogP contribution in [0.3, 0.4) is 0 Å². The summed E-state index contributed by atoms with van der Waals surface area (Å²) in [4.78, 5) is 23.2. The number of hydrogen-bond donors (Lipinski definition) is 2. The Labute approximate surface area is 202 Å². The molecule has 1 amide bonds. The molecule has 1 N–H and O–H groups in total. The zero-order valence-corrected chi connectivity index (χ0v) is 20.2. The molecule has 4 fully saturated rings. The van der Waals surface area contributed by atoms with Gasteiger partial charge in [0.2, 0.25) is 0 Å². The van der Waals surface area contributed by atoms with E-state index >= 15 is 0 Å². The Morgan fingerprint density at radius 3 is 2.33 bits per heavy atom. The maximum absolute atomic E-state index is 13.2. The average molecular weight is 467 g/mol. The molecule has 2 saturated heterocycles. The van der Waals surface area contributed by atoms with Crippen LogP contribution >= 0.6 is 12.6 Å². The topological polar surface area (TPSA) is 57.7 Å². The summed E-state index contributed by atoms with van der Waals surface area (Å²) in [7, 11) is 0. The smallest absolute Gasteiger partial charge is 0.258 e. The Kier molecular flexibility index (Phi) is 6.79. The van der Waals surface area contributed by atoms with E-state index in [0.717, 1.165) is 42.6 Å². The molecule has 2 aliphatic carbocycles. The van der Waals surface area contributed by atoms with Crippen molar-refractivity contribution >= 4 is 35.9 Å². The first kappa shape index (κ1) is 22.5. The SMILES string of the molecule is C1CC1.O=C(Nc1cccc(N2CCOCC2)n1)c1ccc(S)cc1N1CCC2(CC1)CC2. The van der Waals surface area contributed by atoms with Gasteiger partial charge in [-0.2, -0.15) is 0 Å². The molecule has 7 heteroatoms. The summed E-state index contributed by atoms with van der Waals surface area (Å²) in [6, 6.07) is 11.5. The van der Waals surface area contributed by atoms with Gasteiger partial charge in [0.25, 0.3) is 5.91 Å². The number of rotatable bonds is 4. The van der Waals surface area contributed by atoms with Crippen LogP contribution in [-0.4, -0.2) is 50.3 Å². The van der Waals surface area contributed by atoms with Crippen LogP contribution in [0.5, 0.6) is 0 Å². The number of aromatic nitrogens is 1. The van der Waals surface area contributed by atoms with E-state index in [1.54, 1.807) is 0 Å². The van der Waals surface area contributed by atoms with Crippen LogP contribution in [0.1, 0.15) is 55.3 Å². The first-order valence-corrected chi connectivity index (χ1v) is 12.8. The third-order valence-corrected chi connectivity index (χ3v) is 7.29. The van der Waals surface area contributed by atoms with Crippen LogP contribution in [0.4, 0.5) is 17.3 Å². The van der Waals surface area contributed by atoms with Gasteiger partial charge in [-0.05, 0) is 61.4 Å². The lowest BCUT2D eigenvalue weighted by Gasteiger charge is -2.35. The highest BCUT2D eigenvalue weighted by atomic mass is 32.1. The van der Waals surface area contributed by atoms with E-state index in [1.807, 2.05) is 36.4 Å². The summed E-state index contributed by atoms with van der Waals surface area (Å²) in [5.74, 6) is 1.31. The Morgan fingerprint density at radius 1 is 0.939 bits per heavy atom. The fraction of sp³-hybridized carbons (Fsp3) is 0.538. The summed E-state index contributed by atoms with van der Waals surface area (Å²) in [5, 5.41) is 3.01. The molecule has 6 nitrogen and oxygen atoms in total. The number of anilines is 3. The monoisotopic (exact) mass is 466 g/mol. The van der Waals surface area contributed by atoms with Crippen molar-refractivity contribution in [3.63, 3.8) is 0 Å². The number of hydrogen-bond acceptors (Lipinski definition) is 6. The molecular weight excluding hydrogens is 432 g/mol. The van der Waals surface area contributed by atoms with E-state index in [1.165, 1.54) is 44.9 Å². The van der Waals surface area contributed by atoms with Gasteiger partial charge in [-0.3, -0.25) is 4.79 Å². The quantitative estimate of drug-likeness (QED) is 0.621. The van der Waals surface area contributed by atoms with Crippen LogP contribution in [-0.2, 0) is 4.74 Å². The fourth-order valence-corrected chi connectivity index (χ4v) is 4.71. The molecule has 6 rings (SSSR count). The highest BCUT2D eigenvalue weighted by Crippen LogP contribution is 2.54. The molecule has 0 radical (unpaired) electrons. The van der Waals surface area contributed by atoms with Crippen LogP contribution in [0.2, 0.25) is 0 Å². The van der Waals surface area contributed by atoms with Crippen molar-refractivity contribution in [1.82, 2.24) is 4.98 Å². The van der Waals surface area contributed by atoms with Gasteiger partial charge < -0.3 is 19.9 Å². The van der Waals surface area contributed by atoms with Crippen molar-refractivity contribution in [1.29, 1.82) is 0 Å². The molecule has 33 heavy (non-hydrogen) atoms. The van der Waals surface area contributed by atoms with Gasteiger partial charge in [0.1, 0.15) is 11.6 Å². The van der Waals surface area contributed by atoms with Crippen LogP contribution in [0.25, 0.3) is 0 Å². The second-order valence-electron chi connectivity index (χ2n) is 9.68. The predicted molar refractivity (Wildman–Crippen MR) is 136 cm³/mol. The number of ether oxygens (including phenoxy) is 1. The highest BCUT2D eigenvalue weighted by molar-refractivity contribution is 7.80. The van der Waals surface area contributed by atoms with Crippen molar-refractivity contribution in [3.05, 3.63) is 42.0 Å². The van der Waals surface area contributed by atoms with Crippen molar-refractivity contribution in [3.8, 4) is 0 Å². The molecule has 4 aliphatic rings. The standard InChI is InChI=1S/C23H28N4O2S.C3H6/c28-22(25-20-2-1-3-21(24-20)27-12-14-29-15-13-27)18-5-4-17(30)16-19(18)26-10-8-23(6-7-23)9-11-26;1-2-3-1/h1-5,16,30H,6-15H2,(H,24,25,28);1-3H2. The van der Waals surface area contributed by atoms with Gasteiger partial charge in [0.05, 0.1) is 24.5 Å². The molecule has 2 aromatic rings. The Morgan fingerprint density at radius 2 is 1.67 bits per heavy atom. The van der Waals surface area contributed by atoms with Crippen molar-refractivity contribution < 1.29 is 9.53 Å². The second-order valence-corrected chi connectivity index (χ2v) is 10.2. The van der Waals surface area contributed by atoms with Gasteiger partial charge >= 0.3 is 0 Å². The molecule has 176 valence electrons. The molecule has 2 saturated carbocycles. The van der Waals surface area contributed by atoms with E-state index in [9.17, 15) is 4.79 Å². The molecule has 0 unspecified atom stereocenters. The zero-order valence-electron chi connectivity index (χ0n) is 19.3. The zero-order chi connectivity index (χ0) is 22.7. The Hall–Kier alpha value is -2.25. The molecule has 1 aromatic heterocycles. The molecule has 1 aromatic carbocycles. The number of carbonyl (C=O) groups excluding carboxylic acids is 1. The number of piperidine rings is 1. The fourth-order valence-electron chi connectivity index (χ4n) is 4.52. The van der Waals surface area contributed by atoms with E-state index in [0.29, 0.717) is 30.0 Å². The largest absolute Gasteiger partial charge is 0.378 e. The van der Waals surface area contributed by atoms with Crippen molar-refractivity contribution in [2.75, 3.05) is 54.5 Å². The lowest BCUT2D eigenvalue weighted by atomic mass is 9.93. The minimum absolute atomic E-state index is 0.128. The molecule has 3 heterocycles. The summed E-state index contributed by atoms with van der Waals surface area (Å²) in [6.07, 6.45) is 9.67. The van der Waals surface area contributed by atoms with Gasteiger partial charge in [-0.15, -0.1) is 12.6 Å². The lowest BCUT2D eigenvalue weighted by molar-refractivity contribution is 0.102. The molecule has 0 bridgehead atoms. The summed E-state index contributed by atoms with van der Waals surface area (Å²) in [6.45, 7) is 5.04. The third kappa shape index (κ3) is 5.82. The van der Waals surface area contributed by atoms with Crippen molar-refractivity contribution in [2.45, 2.75) is 49.8 Å². The summed E-state index contributed by atoms with van der Waals surface area (Å²) >= 11 is 4.52. The van der Waals surface area contributed by atoms with Crippen LogP contribution in [0, 0.1) is 5.41 Å². The van der Waals surface area contributed by atoms with Gasteiger partial charge in [-0.25, -0.2) is 4.98 Å². The van der Waals surface area contributed by atoms with E-state index < -0.39 is 0 Å². The van der Waals surface area contributed by atoms with Gasteiger partial charge in [-0.1, -0.05) is 25.3 Å². The van der Waals surface area contributed by atoms with E-state index in [-0.39, 0.29) is 5.91 Å². The van der Waals surface area contributed by atoms with Crippen LogP contribution < -0.4 is 15.1 Å². The minimum Gasteiger partial charge on any atom is -0.378 e. The Bertz CT molecular complexity index is 973. The van der Waals surface area contributed by atoms with Gasteiger partial charge in [0.15, 0.2) is 0 Å². The van der Waals surface area contributed by atoms with Crippen molar-refractivity contribution in [2.24, 2.45) is 5.41 Å².